The van der Waals surface area contributed by atoms with E-state index in [0.29, 0.717) is 10.8 Å². The summed E-state index contributed by atoms with van der Waals surface area (Å²) in [4.78, 5) is 9.31. The maximum absolute atomic E-state index is 11.9. The van der Waals surface area contributed by atoms with Crippen molar-refractivity contribution < 1.29 is 8.42 Å². The molecule has 3 aromatic carbocycles. The molecule has 30 heavy (non-hydrogen) atoms. The van der Waals surface area contributed by atoms with Crippen LogP contribution in [0.25, 0.3) is 32.9 Å². The third-order valence-corrected chi connectivity index (χ3v) is 5.99. The SMILES string of the molecule is CS(=O)(=O)c1cccc(-c2ccc3cnc(Nc4ccc5cn[nH]c5c4)nc3c2)c1. The largest absolute Gasteiger partial charge is 0.324 e. The molecule has 0 atom stereocenters. The standard InChI is InChI=1S/C22H17N5O2S/c1-30(28,29)19-4-2-3-14(9-19)15-5-6-16-12-23-22(26-20(16)10-15)25-18-8-7-17-13-24-27-21(17)11-18/h2-13H,1H3,(H,24,27)(H,23,25,26). The number of sulfone groups is 1. The fourth-order valence-corrected chi connectivity index (χ4v) is 3.98. The fourth-order valence-electron chi connectivity index (χ4n) is 3.31. The van der Waals surface area contributed by atoms with Gasteiger partial charge in [0.05, 0.1) is 22.1 Å². The Kier molecular flexibility index (Phi) is 4.22. The van der Waals surface area contributed by atoms with Crippen LogP contribution in [-0.2, 0) is 9.84 Å². The van der Waals surface area contributed by atoms with Gasteiger partial charge in [0.2, 0.25) is 5.95 Å². The molecule has 2 N–H and O–H groups in total. The molecule has 148 valence electrons. The second-order valence-electron chi connectivity index (χ2n) is 7.06. The van der Waals surface area contributed by atoms with Crippen LogP contribution in [0.1, 0.15) is 0 Å². The van der Waals surface area contributed by atoms with Gasteiger partial charge in [0.25, 0.3) is 0 Å². The Morgan fingerprint density at radius 1 is 0.900 bits per heavy atom. The van der Waals surface area contributed by atoms with Crippen LogP contribution in [0.5, 0.6) is 0 Å². The van der Waals surface area contributed by atoms with Crippen molar-refractivity contribution in [2.24, 2.45) is 0 Å². The first kappa shape index (κ1) is 18.3. The Morgan fingerprint density at radius 2 is 1.73 bits per heavy atom. The van der Waals surface area contributed by atoms with Gasteiger partial charge >= 0.3 is 0 Å². The average molecular weight is 415 g/mol. The maximum atomic E-state index is 11.9. The summed E-state index contributed by atoms with van der Waals surface area (Å²) in [5.74, 6) is 0.475. The number of aromatic amines is 1. The van der Waals surface area contributed by atoms with E-state index in [4.69, 9.17) is 0 Å². The molecular formula is C22H17N5O2S. The van der Waals surface area contributed by atoms with Crippen LogP contribution in [0.3, 0.4) is 0 Å². The van der Waals surface area contributed by atoms with E-state index in [-0.39, 0.29) is 0 Å². The average Bonchev–Trinajstić information content (AvgIpc) is 3.21. The van der Waals surface area contributed by atoms with Crippen molar-refractivity contribution in [3.05, 3.63) is 73.1 Å². The van der Waals surface area contributed by atoms with Crippen LogP contribution in [0.15, 0.2) is 78.0 Å². The smallest absolute Gasteiger partial charge is 0.227 e. The van der Waals surface area contributed by atoms with Gasteiger partial charge in [-0.15, -0.1) is 0 Å². The highest BCUT2D eigenvalue weighted by molar-refractivity contribution is 7.90. The molecule has 0 aliphatic rings. The maximum Gasteiger partial charge on any atom is 0.227 e. The lowest BCUT2D eigenvalue weighted by Crippen LogP contribution is -1.98. The molecule has 0 fully saturated rings. The summed E-state index contributed by atoms with van der Waals surface area (Å²) < 4.78 is 23.8. The zero-order valence-corrected chi connectivity index (χ0v) is 16.8. The molecule has 5 aromatic rings. The fraction of sp³-hybridized carbons (Fsp3) is 0.0455. The summed E-state index contributed by atoms with van der Waals surface area (Å²) in [6, 6.07) is 18.6. The van der Waals surface area contributed by atoms with E-state index in [2.05, 4.69) is 25.5 Å². The monoisotopic (exact) mass is 415 g/mol. The van der Waals surface area contributed by atoms with Crippen LogP contribution in [0, 0.1) is 0 Å². The molecule has 5 rings (SSSR count). The van der Waals surface area contributed by atoms with Gasteiger partial charge in [-0.2, -0.15) is 5.10 Å². The molecule has 0 saturated carbocycles. The van der Waals surface area contributed by atoms with Crippen molar-refractivity contribution in [2.75, 3.05) is 11.6 Å². The Bertz CT molecular complexity index is 1510. The predicted octanol–water partition coefficient (Wildman–Crippen LogP) is 4.32. The van der Waals surface area contributed by atoms with E-state index in [1.807, 2.05) is 42.5 Å². The Balaban J connectivity index is 1.51. The highest BCUT2D eigenvalue weighted by Crippen LogP contribution is 2.26. The number of hydrogen-bond acceptors (Lipinski definition) is 6. The lowest BCUT2D eigenvalue weighted by Gasteiger charge is -2.08. The van der Waals surface area contributed by atoms with Crippen molar-refractivity contribution >= 4 is 43.3 Å². The number of rotatable bonds is 4. The number of nitrogens with one attached hydrogen (secondary N) is 2. The van der Waals surface area contributed by atoms with E-state index in [9.17, 15) is 8.42 Å². The number of fused-ring (bicyclic) bond motifs is 2. The van der Waals surface area contributed by atoms with Gasteiger partial charge in [-0.25, -0.2) is 18.4 Å². The summed E-state index contributed by atoms with van der Waals surface area (Å²) in [6.07, 6.45) is 4.74. The highest BCUT2D eigenvalue weighted by atomic mass is 32.2. The van der Waals surface area contributed by atoms with Crippen LogP contribution in [0.2, 0.25) is 0 Å². The first-order chi connectivity index (χ1) is 14.5. The molecule has 0 bridgehead atoms. The van der Waals surface area contributed by atoms with Crippen molar-refractivity contribution in [2.45, 2.75) is 4.90 Å². The number of hydrogen-bond donors (Lipinski definition) is 2. The molecule has 0 aliphatic heterocycles. The van der Waals surface area contributed by atoms with Gasteiger partial charge in [0.15, 0.2) is 9.84 Å². The van der Waals surface area contributed by atoms with E-state index in [1.54, 1.807) is 30.6 Å². The third kappa shape index (κ3) is 3.48. The molecule has 0 radical (unpaired) electrons. The molecule has 0 unspecified atom stereocenters. The topological polar surface area (TPSA) is 101 Å². The first-order valence-electron chi connectivity index (χ1n) is 9.23. The highest BCUT2D eigenvalue weighted by Gasteiger charge is 2.09. The zero-order valence-electron chi connectivity index (χ0n) is 16.0. The molecule has 0 aliphatic carbocycles. The molecule has 8 heteroatoms. The molecule has 2 aromatic heterocycles. The third-order valence-electron chi connectivity index (χ3n) is 4.88. The minimum Gasteiger partial charge on any atom is -0.324 e. The van der Waals surface area contributed by atoms with Gasteiger partial charge in [-0.3, -0.25) is 5.10 Å². The van der Waals surface area contributed by atoms with E-state index in [1.165, 1.54) is 6.26 Å². The Hall–Kier alpha value is -3.78. The number of benzene rings is 3. The lowest BCUT2D eigenvalue weighted by molar-refractivity contribution is 0.602. The second-order valence-corrected chi connectivity index (χ2v) is 9.08. The molecular weight excluding hydrogens is 398 g/mol. The molecule has 2 heterocycles. The van der Waals surface area contributed by atoms with Gasteiger partial charge in [-0.05, 0) is 47.5 Å². The number of anilines is 2. The van der Waals surface area contributed by atoms with Gasteiger partial charge in [0.1, 0.15) is 0 Å². The summed E-state index contributed by atoms with van der Waals surface area (Å²) in [5.41, 5.74) is 4.24. The van der Waals surface area contributed by atoms with Gasteiger partial charge < -0.3 is 5.32 Å². The second kappa shape index (κ2) is 6.93. The van der Waals surface area contributed by atoms with Crippen molar-refractivity contribution in [1.82, 2.24) is 20.2 Å². The molecule has 0 spiro atoms. The van der Waals surface area contributed by atoms with Crippen LogP contribution in [-0.4, -0.2) is 34.8 Å². The van der Waals surface area contributed by atoms with Crippen molar-refractivity contribution in [3.63, 3.8) is 0 Å². The zero-order chi connectivity index (χ0) is 20.7. The quantitative estimate of drug-likeness (QED) is 0.453. The summed E-state index contributed by atoms with van der Waals surface area (Å²) in [7, 11) is -3.27. The molecule has 7 nitrogen and oxygen atoms in total. The Morgan fingerprint density at radius 3 is 2.60 bits per heavy atom. The van der Waals surface area contributed by atoms with Crippen molar-refractivity contribution in [1.29, 1.82) is 0 Å². The number of H-pyrrole nitrogens is 1. The van der Waals surface area contributed by atoms with Crippen LogP contribution >= 0.6 is 0 Å². The Labute approximate surface area is 172 Å². The number of aromatic nitrogens is 4. The van der Waals surface area contributed by atoms with E-state index >= 15 is 0 Å². The summed E-state index contributed by atoms with van der Waals surface area (Å²) >= 11 is 0. The van der Waals surface area contributed by atoms with Crippen LogP contribution in [0.4, 0.5) is 11.6 Å². The summed E-state index contributed by atoms with van der Waals surface area (Å²) in [6.45, 7) is 0. The van der Waals surface area contributed by atoms with Crippen molar-refractivity contribution in [3.8, 4) is 11.1 Å². The lowest BCUT2D eigenvalue weighted by atomic mass is 10.0. The minimum absolute atomic E-state index is 0.291. The van der Waals surface area contributed by atoms with Gasteiger partial charge in [0, 0.05) is 28.9 Å². The minimum atomic E-state index is -3.27. The van der Waals surface area contributed by atoms with E-state index in [0.717, 1.165) is 38.6 Å². The van der Waals surface area contributed by atoms with Gasteiger partial charge in [-0.1, -0.05) is 24.3 Å². The normalized spacial score (nSPS) is 11.8. The first-order valence-corrected chi connectivity index (χ1v) is 11.1. The molecule has 0 amide bonds. The summed E-state index contributed by atoms with van der Waals surface area (Å²) in [5, 5.41) is 12.1. The van der Waals surface area contributed by atoms with Crippen LogP contribution < -0.4 is 5.32 Å². The molecule has 0 saturated heterocycles. The predicted molar refractivity (Wildman–Crippen MR) is 117 cm³/mol. The number of nitrogens with zero attached hydrogens (tertiary/aromatic N) is 3. The van der Waals surface area contributed by atoms with E-state index < -0.39 is 9.84 Å².